The third-order valence-corrected chi connectivity index (χ3v) is 0.939. The minimum Gasteiger partial charge on any atom is -0.354 e. The molecular formula is C5H13NO3. The Morgan fingerprint density at radius 1 is 1.44 bits per heavy atom. The molecule has 0 saturated carbocycles. The first-order valence-corrected chi connectivity index (χ1v) is 2.66. The van der Waals surface area contributed by atoms with Crippen LogP contribution in [0.2, 0.25) is 0 Å². The number of rotatable bonds is 4. The van der Waals surface area contributed by atoms with Crippen LogP contribution in [0.5, 0.6) is 0 Å². The number of ether oxygens (including phenoxy) is 2. The van der Waals surface area contributed by atoms with E-state index >= 15 is 0 Å². The summed E-state index contributed by atoms with van der Waals surface area (Å²) in [4.78, 5) is 0. The maximum atomic E-state index is 8.66. The zero-order valence-electron chi connectivity index (χ0n) is 6.00. The molecule has 0 rings (SSSR count). The second-order valence-corrected chi connectivity index (χ2v) is 1.74. The van der Waals surface area contributed by atoms with Crippen molar-refractivity contribution in [1.29, 1.82) is 0 Å². The van der Waals surface area contributed by atoms with Gasteiger partial charge < -0.3 is 14.7 Å². The molecule has 9 heavy (non-hydrogen) atoms. The van der Waals surface area contributed by atoms with Crippen molar-refractivity contribution >= 4 is 0 Å². The SMILES string of the molecule is COC(CN(C)O)OC. The molecule has 4 heteroatoms. The van der Waals surface area contributed by atoms with E-state index in [1.165, 1.54) is 21.3 Å². The lowest BCUT2D eigenvalue weighted by Gasteiger charge is -2.15. The van der Waals surface area contributed by atoms with E-state index in [1.54, 1.807) is 0 Å². The molecule has 0 unspecified atom stereocenters. The summed E-state index contributed by atoms with van der Waals surface area (Å²) in [6, 6.07) is 0. The molecule has 1 N–H and O–H groups in total. The lowest BCUT2D eigenvalue weighted by Crippen LogP contribution is -2.29. The first-order valence-electron chi connectivity index (χ1n) is 2.66. The number of methoxy groups -OCH3 is 2. The van der Waals surface area contributed by atoms with Gasteiger partial charge in [0.15, 0.2) is 6.29 Å². The van der Waals surface area contributed by atoms with Gasteiger partial charge in [0.25, 0.3) is 0 Å². The van der Waals surface area contributed by atoms with Gasteiger partial charge in [-0.1, -0.05) is 0 Å². The summed E-state index contributed by atoms with van der Waals surface area (Å²) >= 11 is 0. The van der Waals surface area contributed by atoms with E-state index in [9.17, 15) is 0 Å². The molecule has 0 fully saturated rings. The molecular weight excluding hydrogens is 122 g/mol. The van der Waals surface area contributed by atoms with Crippen molar-refractivity contribution in [1.82, 2.24) is 5.06 Å². The van der Waals surface area contributed by atoms with Crippen LogP contribution in [0.4, 0.5) is 0 Å². The third kappa shape index (κ3) is 4.35. The Morgan fingerprint density at radius 2 is 1.89 bits per heavy atom. The van der Waals surface area contributed by atoms with E-state index in [4.69, 9.17) is 14.7 Å². The molecule has 0 atom stereocenters. The van der Waals surface area contributed by atoms with Gasteiger partial charge in [-0.2, -0.15) is 5.06 Å². The van der Waals surface area contributed by atoms with Crippen LogP contribution in [-0.4, -0.2) is 44.4 Å². The number of likely N-dealkylation sites (N-methyl/N-ethyl adjacent to an activating group) is 1. The van der Waals surface area contributed by atoms with Crippen LogP contribution in [0.25, 0.3) is 0 Å². The average Bonchev–Trinajstić information content (AvgIpc) is 1.82. The summed E-state index contributed by atoms with van der Waals surface area (Å²) < 4.78 is 9.57. The zero-order chi connectivity index (χ0) is 7.28. The van der Waals surface area contributed by atoms with Crippen LogP contribution in [0, 0.1) is 0 Å². The molecule has 0 saturated heterocycles. The first kappa shape index (κ1) is 8.84. The Bertz CT molecular complexity index is 63.2. The van der Waals surface area contributed by atoms with Crippen LogP contribution >= 0.6 is 0 Å². The molecule has 0 bridgehead atoms. The predicted octanol–water partition coefficient (Wildman–Crippen LogP) is -0.0737. The van der Waals surface area contributed by atoms with E-state index in [0.717, 1.165) is 5.06 Å². The lowest BCUT2D eigenvalue weighted by molar-refractivity contribution is -0.169. The highest BCUT2D eigenvalue weighted by atomic mass is 16.7. The molecule has 56 valence electrons. The van der Waals surface area contributed by atoms with Gasteiger partial charge in [-0.3, -0.25) is 0 Å². The van der Waals surface area contributed by atoms with Crippen molar-refractivity contribution in [2.45, 2.75) is 6.29 Å². The van der Waals surface area contributed by atoms with Gasteiger partial charge in [-0.15, -0.1) is 0 Å². The van der Waals surface area contributed by atoms with Gasteiger partial charge in [-0.25, -0.2) is 0 Å². The molecule has 0 heterocycles. The van der Waals surface area contributed by atoms with Crippen molar-refractivity contribution in [3.63, 3.8) is 0 Å². The van der Waals surface area contributed by atoms with E-state index in [1.807, 2.05) is 0 Å². The monoisotopic (exact) mass is 135 g/mol. The van der Waals surface area contributed by atoms with Crippen LogP contribution < -0.4 is 0 Å². The van der Waals surface area contributed by atoms with Gasteiger partial charge in [0.1, 0.15) is 0 Å². The summed E-state index contributed by atoms with van der Waals surface area (Å²) in [6.45, 7) is 0.354. The number of nitrogens with zero attached hydrogens (tertiary/aromatic N) is 1. The smallest absolute Gasteiger partial charge is 0.171 e. The summed E-state index contributed by atoms with van der Waals surface area (Å²) in [5, 5.41) is 9.67. The Hall–Kier alpha value is -0.160. The molecule has 0 aromatic carbocycles. The van der Waals surface area contributed by atoms with Crippen molar-refractivity contribution in [3.8, 4) is 0 Å². The summed E-state index contributed by atoms with van der Waals surface area (Å²) in [5.74, 6) is 0. The molecule has 0 aromatic rings. The van der Waals surface area contributed by atoms with Gasteiger partial charge in [0.05, 0.1) is 6.54 Å². The Kier molecular flexibility index (Phi) is 4.61. The average molecular weight is 135 g/mol. The molecule has 0 amide bonds. The molecule has 0 radical (unpaired) electrons. The quantitative estimate of drug-likeness (QED) is 0.432. The predicted molar refractivity (Wildman–Crippen MR) is 32.2 cm³/mol. The molecule has 0 aromatic heterocycles. The van der Waals surface area contributed by atoms with Crippen LogP contribution in [0.3, 0.4) is 0 Å². The van der Waals surface area contributed by atoms with Gasteiger partial charge in [-0.05, 0) is 0 Å². The van der Waals surface area contributed by atoms with E-state index in [-0.39, 0.29) is 6.29 Å². The topological polar surface area (TPSA) is 41.9 Å². The highest BCUT2D eigenvalue weighted by molar-refractivity contribution is 4.41. The second-order valence-electron chi connectivity index (χ2n) is 1.74. The van der Waals surface area contributed by atoms with Crippen molar-refractivity contribution in [3.05, 3.63) is 0 Å². The van der Waals surface area contributed by atoms with Gasteiger partial charge in [0.2, 0.25) is 0 Å². The van der Waals surface area contributed by atoms with E-state index in [0.29, 0.717) is 6.54 Å². The number of hydrogen-bond acceptors (Lipinski definition) is 4. The summed E-state index contributed by atoms with van der Waals surface area (Å²) in [6.07, 6.45) is -0.347. The maximum Gasteiger partial charge on any atom is 0.171 e. The first-order chi connectivity index (χ1) is 4.20. The largest absolute Gasteiger partial charge is 0.354 e. The molecule has 4 nitrogen and oxygen atoms in total. The number of hydrogen-bond donors (Lipinski definition) is 1. The fourth-order valence-corrected chi connectivity index (χ4v) is 0.461. The fraction of sp³-hybridized carbons (Fsp3) is 1.00. The Balaban J connectivity index is 3.31. The van der Waals surface area contributed by atoms with E-state index in [2.05, 4.69) is 0 Å². The summed E-state index contributed by atoms with van der Waals surface area (Å²) in [5.41, 5.74) is 0. The second kappa shape index (κ2) is 4.69. The minimum atomic E-state index is -0.347. The van der Waals surface area contributed by atoms with Crippen LogP contribution in [-0.2, 0) is 9.47 Å². The fourth-order valence-electron chi connectivity index (χ4n) is 0.461. The van der Waals surface area contributed by atoms with E-state index < -0.39 is 0 Å². The maximum absolute atomic E-state index is 8.66. The highest BCUT2D eigenvalue weighted by Crippen LogP contribution is 1.90. The third-order valence-electron chi connectivity index (χ3n) is 0.939. The molecule has 0 aliphatic rings. The number of hydroxylamine groups is 2. The molecule has 0 aliphatic heterocycles. The van der Waals surface area contributed by atoms with Crippen LogP contribution in [0.15, 0.2) is 0 Å². The highest BCUT2D eigenvalue weighted by Gasteiger charge is 2.05. The molecule has 0 spiro atoms. The minimum absolute atomic E-state index is 0.347. The summed E-state index contributed by atoms with van der Waals surface area (Å²) in [7, 11) is 4.58. The Morgan fingerprint density at radius 3 is 2.00 bits per heavy atom. The normalized spacial score (nSPS) is 11.3. The van der Waals surface area contributed by atoms with Gasteiger partial charge >= 0.3 is 0 Å². The molecule has 0 aliphatic carbocycles. The van der Waals surface area contributed by atoms with Crippen molar-refractivity contribution in [2.24, 2.45) is 0 Å². The standard InChI is InChI=1S/C5H13NO3/c1-6(7)4-5(8-2)9-3/h5,7H,4H2,1-3H3. The van der Waals surface area contributed by atoms with Gasteiger partial charge in [0, 0.05) is 21.3 Å². The van der Waals surface area contributed by atoms with Crippen LogP contribution in [0.1, 0.15) is 0 Å². The van der Waals surface area contributed by atoms with Crippen molar-refractivity contribution < 1.29 is 14.7 Å². The Labute approximate surface area is 54.9 Å². The lowest BCUT2D eigenvalue weighted by atomic mass is 10.6. The zero-order valence-corrected chi connectivity index (χ0v) is 6.00. The van der Waals surface area contributed by atoms with Crippen molar-refractivity contribution in [2.75, 3.05) is 27.8 Å².